The highest BCUT2D eigenvalue weighted by Gasteiger charge is 2.33. The maximum absolute atomic E-state index is 12.9. The van der Waals surface area contributed by atoms with Crippen LogP contribution < -0.4 is 5.32 Å². The molecule has 6 nitrogen and oxygen atoms in total. The zero-order chi connectivity index (χ0) is 21.2. The Balaban J connectivity index is 1.65. The first-order valence-electron chi connectivity index (χ1n) is 9.06. The van der Waals surface area contributed by atoms with Crippen LogP contribution in [-0.2, 0) is 14.8 Å². The number of sulfonamides is 1. The van der Waals surface area contributed by atoms with Gasteiger partial charge in [0.05, 0.1) is 10.0 Å². The van der Waals surface area contributed by atoms with Gasteiger partial charge in [0, 0.05) is 30.3 Å². The minimum Gasteiger partial charge on any atom is -0.326 e. The Labute approximate surface area is 179 Å². The maximum Gasteiger partial charge on any atom is 0.244 e. The smallest absolute Gasteiger partial charge is 0.244 e. The van der Waals surface area contributed by atoms with Crippen LogP contribution >= 0.6 is 23.2 Å². The largest absolute Gasteiger partial charge is 0.326 e. The molecule has 0 aliphatic carbocycles. The monoisotopic (exact) mass is 454 g/mol. The van der Waals surface area contributed by atoms with Crippen LogP contribution in [-0.4, -0.2) is 37.5 Å². The van der Waals surface area contributed by atoms with Gasteiger partial charge in [-0.25, -0.2) is 8.42 Å². The summed E-state index contributed by atoms with van der Waals surface area (Å²) in [5.74, 6) is -0.597. The number of halogens is 2. The Morgan fingerprint density at radius 2 is 1.72 bits per heavy atom. The second-order valence-electron chi connectivity index (χ2n) is 6.86. The van der Waals surface area contributed by atoms with Crippen LogP contribution in [0.1, 0.15) is 30.1 Å². The summed E-state index contributed by atoms with van der Waals surface area (Å²) in [6.07, 6.45) is 0.769. The molecule has 1 fully saturated rings. The Kier molecular flexibility index (Phi) is 6.63. The number of nitrogens with zero attached hydrogens (tertiary/aromatic N) is 1. The van der Waals surface area contributed by atoms with E-state index in [1.54, 1.807) is 24.3 Å². The Hall–Kier alpha value is -1.93. The van der Waals surface area contributed by atoms with Crippen LogP contribution in [0.25, 0.3) is 0 Å². The Morgan fingerprint density at radius 3 is 2.38 bits per heavy atom. The average molecular weight is 455 g/mol. The molecule has 1 heterocycles. The Morgan fingerprint density at radius 1 is 1.07 bits per heavy atom. The van der Waals surface area contributed by atoms with Gasteiger partial charge in [-0.2, -0.15) is 4.31 Å². The van der Waals surface area contributed by atoms with E-state index in [-0.39, 0.29) is 45.6 Å². The number of hydrogen-bond donors (Lipinski definition) is 1. The van der Waals surface area contributed by atoms with E-state index in [1.165, 1.54) is 29.4 Å². The molecule has 0 spiro atoms. The third-order valence-electron chi connectivity index (χ3n) is 4.90. The van der Waals surface area contributed by atoms with E-state index in [0.29, 0.717) is 24.1 Å². The van der Waals surface area contributed by atoms with Crippen molar-refractivity contribution in [2.75, 3.05) is 18.4 Å². The standard InChI is InChI=1S/C20H20Cl2N2O4S/c1-13(25)15-4-2-5-16(12-15)23-20(26)14-8-10-24(11-9-14)29(27,28)18-7-3-6-17(21)19(18)22/h2-7,12,14H,8-11H2,1H3,(H,23,26). The molecule has 3 rings (SSSR count). The van der Waals surface area contributed by atoms with Crippen LogP contribution in [0, 0.1) is 5.92 Å². The van der Waals surface area contributed by atoms with Gasteiger partial charge in [-0.3, -0.25) is 9.59 Å². The first-order valence-corrected chi connectivity index (χ1v) is 11.3. The number of carbonyl (C=O) groups is 2. The molecule has 1 aliphatic heterocycles. The maximum atomic E-state index is 12.9. The molecule has 0 atom stereocenters. The predicted octanol–water partition coefficient (Wildman–Crippen LogP) is 4.24. The quantitative estimate of drug-likeness (QED) is 0.684. The van der Waals surface area contributed by atoms with Crippen LogP contribution in [0.2, 0.25) is 10.0 Å². The molecule has 1 amide bonds. The van der Waals surface area contributed by atoms with Gasteiger partial charge in [-0.05, 0) is 44.0 Å². The third kappa shape index (κ3) is 4.80. The summed E-state index contributed by atoms with van der Waals surface area (Å²) in [5, 5.41) is 2.99. The van der Waals surface area contributed by atoms with Gasteiger partial charge in [-0.15, -0.1) is 0 Å². The highest BCUT2D eigenvalue weighted by Crippen LogP contribution is 2.32. The fourth-order valence-corrected chi connectivity index (χ4v) is 5.45. The molecule has 1 N–H and O–H groups in total. The molecular formula is C20H20Cl2N2O4S. The minimum absolute atomic E-state index is 0.000568. The minimum atomic E-state index is -3.79. The molecule has 1 saturated heterocycles. The first kappa shape index (κ1) is 21.8. The zero-order valence-corrected chi connectivity index (χ0v) is 18.0. The molecule has 154 valence electrons. The van der Waals surface area contributed by atoms with E-state index in [0.717, 1.165) is 0 Å². The summed E-state index contributed by atoms with van der Waals surface area (Å²) in [4.78, 5) is 24.0. The summed E-state index contributed by atoms with van der Waals surface area (Å²) >= 11 is 12.0. The van der Waals surface area contributed by atoms with Crippen LogP contribution in [0.3, 0.4) is 0 Å². The molecule has 0 bridgehead atoms. The van der Waals surface area contributed by atoms with E-state index >= 15 is 0 Å². The fraction of sp³-hybridized carbons (Fsp3) is 0.300. The highest BCUT2D eigenvalue weighted by molar-refractivity contribution is 7.89. The molecule has 0 saturated carbocycles. The van der Waals surface area contributed by atoms with Crippen molar-refractivity contribution in [3.8, 4) is 0 Å². The number of carbonyl (C=O) groups excluding carboxylic acids is 2. The first-order chi connectivity index (χ1) is 13.7. The van der Waals surface area contributed by atoms with Gasteiger partial charge >= 0.3 is 0 Å². The second-order valence-corrected chi connectivity index (χ2v) is 9.55. The number of ketones is 1. The average Bonchev–Trinajstić information content (AvgIpc) is 2.70. The van der Waals surface area contributed by atoms with Gasteiger partial charge < -0.3 is 5.32 Å². The van der Waals surface area contributed by atoms with E-state index < -0.39 is 10.0 Å². The van der Waals surface area contributed by atoms with Gasteiger partial charge in [-0.1, -0.05) is 41.4 Å². The highest BCUT2D eigenvalue weighted by atomic mass is 35.5. The van der Waals surface area contributed by atoms with Gasteiger partial charge in [0.2, 0.25) is 15.9 Å². The van der Waals surface area contributed by atoms with E-state index in [1.807, 2.05) is 0 Å². The van der Waals surface area contributed by atoms with Gasteiger partial charge in [0.15, 0.2) is 5.78 Å². The molecular weight excluding hydrogens is 435 g/mol. The Bertz CT molecular complexity index is 1050. The lowest BCUT2D eigenvalue weighted by atomic mass is 9.97. The topological polar surface area (TPSA) is 83.6 Å². The molecule has 2 aromatic rings. The van der Waals surface area contributed by atoms with Crippen molar-refractivity contribution in [3.05, 3.63) is 58.1 Å². The molecule has 0 unspecified atom stereocenters. The lowest BCUT2D eigenvalue weighted by molar-refractivity contribution is -0.120. The summed E-state index contributed by atoms with van der Waals surface area (Å²) in [7, 11) is -3.79. The molecule has 29 heavy (non-hydrogen) atoms. The van der Waals surface area contributed by atoms with Gasteiger partial charge in [0.1, 0.15) is 4.90 Å². The molecule has 0 aromatic heterocycles. The number of Topliss-reactive ketones (excluding diaryl/α,β-unsaturated/α-hetero) is 1. The van der Waals surface area contributed by atoms with Crippen LogP contribution in [0.15, 0.2) is 47.4 Å². The van der Waals surface area contributed by atoms with Crippen molar-refractivity contribution in [1.82, 2.24) is 4.31 Å². The van der Waals surface area contributed by atoms with E-state index in [2.05, 4.69) is 5.32 Å². The predicted molar refractivity (Wildman–Crippen MR) is 113 cm³/mol. The van der Waals surface area contributed by atoms with Crippen LogP contribution in [0.5, 0.6) is 0 Å². The molecule has 1 aliphatic rings. The normalized spacial score (nSPS) is 15.8. The number of nitrogens with one attached hydrogen (secondary N) is 1. The molecule has 9 heteroatoms. The number of piperidine rings is 1. The van der Waals surface area contributed by atoms with E-state index in [9.17, 15) is 18.0 Å². The van der Waals surface area contributed by atoms with Crippen molar-refractivity contribution in [2.24, 2.45) is 5.92 Å². The van der Waals surface area contributed by atoms with Crippen molar-refractivity contribution < 1.29 is 18.0 Å². The number of anilines is 1. The number of amides is 1. The number of hydrogen-bond acceptors (Lipinski definition) is 4. The fourth-order valence-electron chi connectivity index (χ4n) is 3.24. The lowest BCUT2D eigenvalue weighted by Crippen LogP contribution is -2.41. The van der Waals surface area contributed by atoms with Gasteiger partial charge in [0.25, 0.3) is 0 Å². The van der Waals surface area contributed by atoms with Crippen LogP contribution in [0.4, 0.5) is 5.69 Å². The SMILES string of the molecule is CC(=O)c1cccc(NC(=O)C2CCN(S(=O)(=O)c3cccc(Cl)c3Cl)CC2)c1. The second kappa shape index (κ2) is 8.83. The molecule has 0 radical (unpaired) electrons. The van der Waals surface area contributed by atoms with Crippen molar-refractivity contribution >= 4 is 50.6 Å². The number of rotatable bonds is 5. The van der Waals surface area contributed by atoms with E-state index in [4.69, 9.17) is 23.2 Å². The van der Waals surface area contributed by atoms with Crippen molar-refractivity contribution in [3.63, 3.8) is 0 Å². The molecule has 2 aromatic carbocycles. The number of benzene rings is 2. The van der Waals surface area contributed by atoms with Crippen molar-refractivity contribution in [2.45, 2.75) is 24.7 Å². The summed E-state index contributed by atoms with van der Waals surface area (Å²) in [6, 6.07) is 11.2. The van der Waals surface area contributed by atoms with Crippen molar-refractivity contribution in [1.29, 1.82) is 0 Å². The summed E-state index contributed by atoms with van der Waals surface area (Å²) in [5.41, 5.74) is 1.06. The lowest BCUT2D eigenvalue weighted by Gasteiger charge is -2.30. The summed E-state index contributed by atoms with van der Waals surface area (Å²) in [6.45, 7) is 1.87. The zero-order valence-electron chi connectivity index (χ0n) is 15.7. The summed E-state index contributed by atoms with van der Waals surface area (Å²) < 4.78 is 27.1. The third-order valence-corrected chi connectivity index (χ3v) is 7.77.